The van der Waals surface area contributed by atoms with Gasteiger partial charge in [0.15, 0.2) is 5.13 Å². The number of hydrogen-bond acceptors (Lipinski definition) is 5. The van der Waals surface area contributed by atoms with Gasteiger partial charge in [0.2, 0.25) is 0 Å². The van der Waals surface area contributed by atoms with E-state index in [4.69, 9.17) is 4.74 Å². The van der Waals surface area contributed by atoms with Crippen LogP contribution in [0.3, 0.4) is 0 Å². The maximum absolute atomic E-state index is 12.8. The summed E-state index contributed by atoms with van der Waals surface area (Å²) in [4.78, 5) is 22.6. The number of rotatable bonds is 5. The molecule has 144 valence electrons. The highest BCUT2D eigenvalue weighted by atomic mass is 32.1. The van der Waals surface area contributed by atoms with Gasteiger partial charge in [0.1, 0.15) is 12.4 Å². The monoisotopic (exact) mass is 393 g/mol. The average Bonchev–Trinajstić information content (AvgIpc) is 3.19. The summed E-state index contributed by atoms with van der Waals surface area (Å²) in [6.07, 6.45) is 1.90. The molecule has 2 aromatic carbocycles. The molecule has 3 aromatic rings. The van der Waals surface area contributed by atoms with Crippen molar-refractivity contribution in [2.75, 3.05) is 31.1 Å². The van der Waals surface area contributed by atoms with Crippen LogP contribution in [0.1, 0.15) is 20.8 Å². The second-order valence-corrected chi connectivity index (χ2v) is 8.04. The zero-order valence-electron chi connectivity index (χ0n) is 15.9. The molecule has 1 aliphatic heterocycles. The zero-order valence-corrected chi connectivity index (χ0v) is 16.7. The lowest BCUT2D eigenvalue weighted by Crippen LogP contribution is -2.48. The van der Waals surface area contributed by atoms with E-state index in [1.165, 1.54) is 4.88 Å². The first-order valence-electron chi connectivity index (χ1n) is 9.42. The Hall–Kier alpha value is -2.86. The molecule has 5 nitrogen and oxygen atoms in total. The van der Waals surface area contributed by atoms with E-state index in [2.05, 4.69) is 16.8 Å². The lowest BCUT2D eigenvalue weighted by Gasteiger charge is -2.34. The van der Waals surface area contributed by atoms with E-state index in [-0.39, 0.29) is 5.91 Å². The molecule has 0 N–H and O–H groups in total. The molecule has 1 saturated heterocycles. The van der Waals surface area contributed by atoms with Crippen LogP contribution in [-0.4, -0.2) is 42.0 Å². The summed E-state index contributed by atoms with van der Waals surface area (Å²) in [6, 6.07) is 17.5. The second kappa shape index (κ2) is 8.44. The minimum atomic E-state index is 0.0737. The van der Waals surface area contributed by atoms with Crippen LogP contribution in [0, 0.1) is 6.92 Å². The number of nitrogens with zero attached hydrogens (tertiary/aromatic N) is 3. The number of aryl methyl sites for hydroxylation is 1. The molecule has 6 heteroatoms. The molecular weight excluding hydrogens is 370 g/mol. The number of aromatic nitrogens is 1. The van der Waals surface area contributed by atoms with Crippen LogP contribution < -0.4 is 9.64 Å². The van der Waals surface area contributed by atoms with Crippen LogP contribution in [0.4, 0.5) is 5.13 Å². The number of benzene rings is 2. The van der Waals surface area contributed by atoms with Gasteiger partial charge in [-0.15, -0.1) is 11.3 Å². The molecule has 0 atom stereocenters. The summed E-state index contributed by atoms with van der Waals surface area (Å²) in [5, 5.41) is 1.05. The normalized spacial score (nSPS) is 14.2. The van der Waals surface area contributed by atoms with Crippen LogP contribution in [0.25, 0.3) is 0 Å². The van der Waals surface area contributed by atoms with Crippen molar-refractivity contribution in [3.63, 3.8) is 0 Å². The molecular formula is C22H23N3O2S. The highest BCUT2D eigenvalue weighted by Crippen LogP contribution is 2.23. The molecule has 0 spiro atoms. The molecule has 28 heavy (non-hydrogen) atoms. The number of carbonyl (C=O) groups is 1. The van der Waals surface area contributed by atoms with Gasteiger partial charge in [0, 0.05) is 42.8 Å². The lowest BCUT2D eigenvalue weighted by molar-refractivity contribution is 0.0746. The number of amides is 1. The predicted octanol–water partition coefficient (Wildman–Crippen LogP) is 3.99. The Kier molecular flexibility index (Phi) is 5.58. The summed E-state index contributed by atoms with van der Waals surface area (Å²) in [5.74, 6) is 0.842. The van der Waals surface area contributed by atoms with Crippen molar-refractivity contribution in [1.82, 2.24) is 9.88 Å². The van der Waals surface area contributed by atoms with Gasteiger partial charge in [0.25, 0.3) is 5.91 Å². The third-order valence-corrected chi connectivity index (χ3v) is 5.77. The Morgan fingerprint density at radius 1 is 1.04 bits per heavy atom. The number of hydrogen-bond donors (Lipinski definition) is 0. The number of anilines is 1. The first-order chi connectivity index (χ1) is 13.7. The summed E-state index contributed by atoms with van der Waals surface area (Å²) < 4.78 is 5.80. The minimum absolute atomic E-state index is 0.0737. The van der Waals surface area contributed by atoms with Crippen LogP contribution in [-0.2, 0) is 6.61 Å². The van der Waals surface area contributed by atoms with E-state index in [0.717, 1.165) is 29.5 Å². The fourth-order valence-electron chi connectivity index (χ4n) is 3.21. The van der Waals surface area contributed by atoms with Gasteiger partial charge in [-0.3, -0.25) is 4.79 Å². The summed E-state index contributed by atoms with van der Waals surface area (Å²) >= 11 is 1.70. The Bertz CT molecular complexity index is 916. The minimum Gasteiger partial charge on any atom is -0.489 e. The van der Waals surface area contributed by atoms with Gasteiger partial charge in [-0.05, 0) is 36.8 Å². The number of piperazine rings is 1. The second-order valence-electron chi connectivity index (χ2n) is 6.83. The van der Waals surface area contributed by atoms with E-state index in [1.54, 1.807) is 11.3 Å². The smallest absolute Gasteiger partial charge is 0.253 e. The topological polar surface area (TPSA) is 45.7 Å². The third-order valence-electron chi connectivity index (χ3n) is 4.80. The maximum atomic E-state index is 12.8. The highest BCUT2D eigenvalue weighted by Gasteiger charge is 2.23. The summed E-state index contributed by atoms with van der Waals surface area (Å²) in [7, 11) is 0. The molecule has 2 heterocycles. The summed E-state index contributed by atoms with van der Waals surface area (Å²) in [5.41, 5.74) is 1.82. The molecule has 4 rings (SSSR count). The highest BCUT2D eigenvalue weighted by molar-refractivity contribution is 7.15. The van der Waals surface area contributed by atoms with E-state index >= 15 is 0 Å². The van der Waals surface area contributed by atoms with E-state index in [0.29, 0.717) is 25.3 Å². The fraction of sp³-hybridized carbons (Fsp3) is 0.273. The van der Waals surface area contributed by atoms with Crippen molar-refractivity contribution in [2.24, 2.45) is 0 Å². The summed E-state index contributed by atoms with van der Waals surface area (Å²) in [6.45, 7) is 5.64. The maximum Gasteiger partial charge on any atom is 0.253 e. The first kappa shape index (κ1) is 18.5. The molecule has 1 amide bonds. The Morgan fingerprint density at radius 3 is 2.39 bits per heavy atom. The number of thiazole rings is 1. The Labute approximate surface area is 169 Å². The zero-order chi connectivity index (χ0) is 19.3. The molecule has 0 aliphatic carbocycles. The van der Waals surface area contributed by atoms with Crippen molar-refractivity contribution in [3.05, 3.63) is 76.8 Å². The third kappa shape index (κ3) is 4.34. The van der Waals surface area contributed by atoms with Crippen molar-refractivity contribution in [3.8, 4) is 5.75 Å². The van der Waals surface area contributed by atoms with E-state index in [1.807, 2.05) is 65.7 Å². The van der Waals surface area contributed by atoms with Crippen LogP contribution >= 0.6 is 11.3 Å². The van der Waals surface area contributed by atoms with Crippen LogP contribution in [0.15, 0.2) is 60.8 Å². The molecule has 0 unspecified atom stereocenters. The van der Waals surface area contributed by atoms with Gasteiger partial charge in [0.05, 0.1) is 0 Å². The fourth-order valence-corrected chi connectivity index (χ4v) is 4.02. The standard InChI is InChI=1S/C22H23N3O2S/c1-17-15-23-22(28-17)25-13-11-24(12-14-25)21(26)19-7-9-20(10-8-19)27-16-18-5-3-2-4-6-18/h2-10,15H,11-14,16H2,1H3. The first-order valence-corrected chi connectivity index (χ1v) is 10.2. The van der Waals surface area contributed by atoms with Crippen molar-refractivity contribution >= 4 is 22.4 Å². The molecule has 0 saturated carbocycles. The predicted molar refractivity (Wildman–Crippen MR) is 112 cm³/mol. The quantitative estimate of drug-likeness (QED) is 0.657. The number of ether oxygens (including phenoxy) is 1. The Morgan fingerprint density at radius 2 is 1.75 bits per heavy atom. The van der Waals surface area contributed by atoms with Crippen molar-refractivity contribution in [2.45, 2.75) is 13.5 Å². The largest absolute Gasteiger partial charge is 0.489 e. The van der Waals surface area contributed by atoms with Crippen LogP contribution in [0.5, 0.6) is 5.75 Å². The molecule has 0 bridgehead atoms. The Balaban J connectivity index is 1.31. The van der Waals surface area contributed by atoms with Gasteiger partial charge in [-0.1, -0.05) is 30.3 Å². The molecule has 0 radical (unpaired) electrons. The molecule has 1 aromatic heterocycles. The van der Waals surface area contributed by atoms with Gasteiger partial charge >= 0.3 is 0 Å². The van der Waals surface area contributed by atoms with E-state index < -0.39 is 0 Å². The van der Waals surface area contributed by atoms with Crippen molar-refractivity contribution in [1.29, 1.82) is 0 Å². The average molecular weight is 394 g/mol. The van der Waals surface area contributed by atoms with Crippen LogP contribution in [0.2, 0.25) is 0 Å². The van der Waals surface area contributed by atoms with E-state index in [9.17, 15) is 4.79 Å². The van der Waals surface area contributed by atoms with Gasteiger partial charge in [-0.2, -0.15) is 0 Å². The molecule has 1 fully saturated rings. The SMILES string of the molecule is Cc1cnc(N2CCN(C(=O)c3ccc(OCc4ccccc4)cc3)CC2)s1. The number of carbonyl (C=O) groups excluding carboxylic acids is 1. The van der Waals surface area contributed by atoms with Gasteiger partial charge in [-0.25, -0.2) is 4.98 Å². The molecule has 1 aliphatic rings. The van der Waals surface area contributed by atoms with Crippen molar-refractivity contribution < 1.29 is 9.53 Å². The lowest BCUT2D eigenvalue weighted by atomic mass is 10.1. The van der Waals surface area contributed by atoms with Gasteiger partial charge < -0.3 is 14.5 Å².